The molecule has 17 heavy (non-hydrogen) atoms. The summed E-state index contributed by atoms with van der Waals surface area (Å²) in [4.78, 5) is 10.4. The third-order valence-electron chi connectivity index (χ3n) is 2.58. The summed E-state index contributed by atoms with van der Waals surface area (Å²) in [6.45, 7) is 0.969. The van der Waals surface area contributed by atoms with Crippen LogP contribution in [0.5, 0.6) is 17.2 Å². The van der Waals surface area contributed by atoms with E-state index in [1.807, 2.05) is 0 Å². The Morgan fingerprint density at radius 3 is 2.53 bits per heavy atom. The maximum absolute atomic E-state index is 10.4. The number of carbonyl (C=O) groups is 1. The Morgan fingerprint density at radius 1 is 1.24 bits per heavy atom. The summed E-state index contributed by atoms with van der Waals surface area (Å²) in [5.41, 5.74) is 0.690. The van der Waals surface area contributed by atoms with Crippen molar-refractivity contribution >= 4 is 5.97 Å². The Balaban J connectivity index is 2.09. The van der Waals surface area contributed by atoms with Gasteiger partial charge in [0.1, 0.15) is 19.0 Å². The van der Waals surface area contributed by atoms with Gasteiger partial charge in [0.25, 0.3) is 0 Å². The van der Waals surface area contributed by atoms with Crippen molar-refractivity contribution in [2.45, 2.75) is 19.3 Å². The Bertz CT molecular complexity index is 427. The first-order valence-electron chi connectivity index (χ1n) is 5.50. The number of benzene rings is 1. The van der Waals surface area contributed by atoms with Crippen LogP contribution in [0.3, 0.4) is 0 Å². The lowest BCUT2D eigenvalue weighted by Crippen LogP contribution is -2.15. The van der Waals surface area contributed by atoms with Crippen LogP contribution in [0.25, 0.3) is 0 Å². The van der Waals surface area contributed by atoms with Crippen LogP contribution in [-0.4, -0.2) is 29.4 Å². The molecule has 1 aliphatic heterocycles. The number of fused-ring (bicyclic) bond motifs is 1. The van der Waals surface area contributed by atoms with Crippen LogP contribution in [-0.2, 0) is 11.2 Å². The quantitative estimate of drug-likeness (QED) is 0.832. The molecule has 1 aromatic carbocycles. The zero-order valence-corrected chi connectivity index (χ0v) is 9.31. The zero-order valence-electron chi connectivity index (χ0n) is 9.31. The van der Waals surface area contributed by atoms with E-state index >= 15 is 0 Å². The molecule has 2 rings (SSSR count). The van der Waals surface area contributed by atoms with E-state index in [4.69, 9.17) is 14.6 Å². The van der Waals surface area contributed by atoms with Crippen LogP contribution in [0.15, 0.2) is 12.1 Å². The lowest BCUT2D eigenvalue weighted by Gasteiger charge is -2.19. The van der Waals surface area contributed by atoms with Crippen molar-refractivity contribution < 1.29 is 24.5 Å². The molecule has 0 fully saturated rings. The molecule has 0 saturated carbocycles. The summed E-state index contributed by atoms with van der Waals surface area (Å²) in [5.74, 6) is 0.441. The molecule has 0 spiro atoms. The SMILES string of the molecule is O=C(O)CCCc1cc2c(cc1O)OCCO2. The number of hydrogen-bond acceptors (Lipinski definition) is 4. The Morgan fingerprint density at radius 2 is 1.88 bits per heavy atom. The molecule has 0 bridgehead atoms. The second kappa shape index (κ2) is 4.95. The molecule has 5 nitrogen and oxygen atoms in total. The molecule has 0 amide bonds. The van der Waals surface area contributed by atoms with Gasteiger partial charge in [0.15, 0.2) is 11.5 Å². The minimum atomic E-state index is -0.831. The fourth-order valence-electron chi connectivity index (χ4n) is 1.75. The lowest BCUT2D eigenvalue weighted by atomic mass is 10.1. The second-order valence-electron chi connectivity index (χ2n) is 3.87. The smallest absolute Gasteiger partial charge is 0.303 e. The first kappa shape index (κ1) is 11.6. The highest BCUT2D eigenvalue weighted by Gasteiger charge is 2.15. The van der Waals surface area contributed by atoms with Crippen LogP contribution in [0.2, 0.25) is 0 Å². The van der Waals surface area contributed by atoms with E-state index in [9.17, 15) is 9.90 Å². The van der Waals surface area contributed by atoms with Crippen molar-refractivity contribution in [1.29, 1.82) is 0 Å². The van der Waals surface area contributed by atoms with E-state index in [1.54, 1.807) is 6.07 Å². The van der Waals surface area contributed by atoms with Crippen LogP contribution in [0.4, 0.5) is 0 Å². The number of aliphatic carboxylic acids is 1. The highest BCUT2D eigenvalue weighted by Crippen LogP contribution is 2.36. The van der Waals surface area contributed by atoms with Gasteiger partial charge in [-0.1, -0.05) is 0 Å². The van der Waals surface area contributed by atoms with Gasteiger partial charge in [0.05, 0.1) is 0 Å². The van der Waals surface area contributed by atoms with Gasteiger partial charge >= 0.3 is 5.97 Å². The molecule has 1 heterocycles. The molecule has 1 aliphatic rings. The van der Waals surface area contributed by atoms with Crippen molar-refractivity contribution in [1.82, 2.24) is 0 Å². The molecule has 0 unspecified atom stereocenters. The average Bonchev–Trinajstić information content (AvgIpc) is 2.29. The normalized spacial score (nSPS) is 13.4. The molecule has 0 aromatic heterocycles. The highest BCUT2D eigenvalue weighted by molar-refractivity contribution is 5.66. The van der Waals surface area contributed by atoms with Crippen molar-refractivity contribution in [3.05, 3.63) is 17.7 Å². The molecule has 0 radical (unpaired) electrons. The van der Waals surface area contributed by atoms with Crippen molar-refractivity contribution in [3.63, 3.8) is 0 Å². The minimum Gasteiger partial charge on any atom is -0.508 e. The fraction of sp³-hybridized carbons (Fsp3) is 0.417. The van der Waals surface area contributed by atoms with E-state index in [0.717, 1.165) is 0 Å². The maximum Gasteiger partial charge on any atom is 0.303 e. The molecule has 1 aromatic rings. The number of phenolic OH excluding ortho intramolecular Hbond substituents is 1. The Kier molecular flexibility index (Phi) is 3.37. The minimum absolute atomic E-state index is 0.0912. The fourth-order valence-corrected chi connectivity index (χ4v) is 1.75. The van der Waals surface area contributed by atoms with Gasteiger partial charge in [-0.25, -0.2) is 0 Å². The predicted octanol–water partition coefficient (Wildman–Crippen LogP) is 1.57. The van der Waals surface area contributed by atoms with Crippen molar-refractivity contribution in [2.75, 3.05) is 13.2 Å². The third kappa shape index (κ3) is 2.81. The molecule has 92 valence electrons. The van der Waals surface area contributed by atoms with Crippen LogP contribution >= 0.6 is 0 Å². The topological polar surface area (TPSA) is 76.0 Å². The van der Waals surface area contributed by atoms with Gasteiger partial charge in [-0.05, 0) is 24.5 Å². The lowest BCUT2D eigenvalue weighted by molar-refractivity contribution is -0.137. The number of carboxylic acids is 1. The Labute approximate surface area is 98.6 Å². The number of ether oxygens (including phenoxy) is 2. The van der Waals surface area contributed by atoms with E-state index in [-0.39, 0.29) is 12.2 Å². The number of phenols is 1. The standard InChI is InChI=1S/C12H14O5/c13-9-7-11-10(16-4-5-17-11)6-8(9)2-1-3-12(14)15/h6-7,13H,1-5H2,(H,14,15). The van der Waals surface area contributed by atoms with Gasteiger partial charge < -0.3 is 19.7 Å². The maximum atomic E-state index is 10.4. The monoisotopic (exact) mass is 238 g/mol. The number of hydrogen-bond donors (Lipinski definition) is 2. The summed E-state index contributed by atoms with van der Waals surface area (Å²) in [5, 5.41) is 18.3. The van der Waals surface area contributed by atoms with E-state index in [2.05, 4.69) is 0 Å². The molecular weight excluding hydrogens is 224 g/mol. The highest BCUT2D eigenvalue weighted by atomic mass is 16.6. The summed E-state index contributed by atoms with van der Waals surface area (Å²) in [6, 6.07) is 3.23. The average molecular weight is 238 g/mol. The largest absolute Gasteiger partial charge is 0.508 e. The van der Waals surface area contributed by atoms with Gasteiger partial charge in [-0.3, -0.25) is 4.79 Å². The number of aromatic hydroxyl groups is 1. The summed E-state index contributed by atoms with van der Waals surface area (Å²) in [6.07, 6.45) is 1.09. The molecule has 0 atom stereocenters. The zero-order chi connectivity index (χ0) is 12.3. The summed E-state index contributed by atoms with van der Waals surface area (Å²) >= 11 is 0. The molecular formula is C12H14O5. The third-order valence-corrected chi connectivity index (χ3v) is 2.58. The van der Waals surface area contributed by atoms with Gasteiger partial charge in [0, 0.05) is 12.5 Å². The number of rotatable bonds is 4. The van der Waals surface area contributed by atoms with E-state index in [1.165, 1.54) is 6.07 Å². The van der Waals surface area contributed by atoms with Gasteiger partial charge in [-0.15, -0.1) is 0 Å². The predicted molar refractivity (Wildman–Crippen MR) is 59.7 cm³/mol. The number of aryl methyl sites for hydroxylation is 1. The first-order valence-corrected chi connectivity index (χ1v) is 5.50. The summed E-state index contributed by atoms with van der Waals surface area (Å²) < 4.78 is 10.7. The first-order chi connectivity index (χ1) is 8.16. The molecule has 0 saturated heterocycles. The molecule has 5 heteroatoms. The van der Waals surface area contributed by atoms with Crippen molar-refractivity contribution in [3.8, 4) is 17.2 Å². The molecule has 2 N–H and O–H groups in total. The second-order valence-corrected chi connectivity index (χ2v) is 3.87. The van der Waals surface area contributed by atoms with Crippen LogP contribution in [0.1, 0.15) is 18.4 Å². The summed E-state index contributed by atoms with van der Waals surface area (Å²) in [7, 11) is 0. The van der Waals surface area contributed by atoms with Crippen molar-refractivity contribution in [2.24, 2.45) is 0 Å². The van der Waals surface area contributed by atoms with E-state index < -0.39 is 5.97 Å². The van der Waals surface area contributed by atoms with Gasteiger partial charge in [0.2, 0.25) is 0 Å². The van der Waals surface area contributed by atoms with Crippen LogP contribution < -0.4 is 9.47 Å². The Hall–Kier alpha value is -1.91. The van der Waals surface area contributed by atoms with E-state index in [0.29, 0.717) is 43.1 Å². The van der Waals surface area contributed by atoms with Crippen LogP contribution in [0, 0.1) is 0 Å². The number of carboxylic acid groups (broad SMARTS) is 1. The molecule has 0 aliphatic carbocycles. The van der Waals surface area contributed by atoms with Gasteiger partial charge in [-0.2, -0.15) is 0 Å².